The Bertz CT molecular complexity index is 515. The Morgan fingerprint density at radius 3 is 2.75 bits per heavy atom. The molecular formula is C14H16N2O3S. The van der Waals surface area contributed by atoms with Crippen LogP contribution >= 0.6 is 11.3 Å². The van der Waals surface area contributed by atoms with Crippen molar-refractivity contribution in [1.82, 2.24) is 9.88 Å². The minimum absolute atomic E-state index is 0.0612. The van der Waals surface area contributed by atoms with E-state index in [1.165, 1.54) is 7.11 Å². The predicted molar refractivity (Wildman–Crippen MR) is 76.5 cm³/mol. The fourth-order valence-electron chi connectivity index (χ4n) is 1.91. The molecule has 6 heteroatoms. The zero-order valence-corrected chi connectivity index (χ0v) is 11.9. The Kier molecular flexibility index (Phi) is 4.95. The lowest BCUT2D eigenvalue weighted by molar-refractivity contribution is -0.141. The molecule has 1 N–H and O–H groups in total. The number of carbonyl (C=O) groups is 2. The van der Waals surface area contributed by atoms with Crippen molar-refractivity contribution in [3.05, 3.63) is 46.9 Å². The zero-order valence-electron chi connectivity index (χ0n) is 11.1. The van der Waals surface area contributed by atoms with Crippen molar-refractivity contribution in [3.8, 4) is 0 Å². The van der Waals surface area contributed by atoms with Crippen LogP contribution in [0.4, 0.5) is 0 Å². The number of amides is 1. The monoisotopic (exact) mass is 292 g/mol. The van der Waals surface area contributed by atoms with E-state index in [-0.39, 0.29) is 24.9 Å². The Balaban J connectivity index is 2.02. The maximum absolute atomic E-state index is 11.9. The van der Waals surface area contributed by atoms with E-state index in [1.54, 1.807) is 11.3 Å². The normalized spacial score (nSPS) is 11.8. The van der Waals surface area contributed by atoms with E-state index in [2.05, 4.69) is 10.1 Å². The lowest BCUT2D eigenvalue weighted by Crippen LogP contribution is -2.31. The molecule has 2 heterocycles. The molecule has 5 nitrogen and oxygen atoms in total. The highest BCUT2D eigenvalue weighted by atomic mass is 32.1. The fraction of sp³-hybridized carbons (Fsp3) is 0.286. The molecule has 106 valence electrons. The van der Waals surface area contributed by atoms with Crippen LogP contribution in [0.5, 0.6) is 0 Å². The summed E-state index contributed by atoms with van der Waals surface area (Å²) in [5, 5.41) is 6.57. The van der Waals surface area contributed by atoms with Crippen molar-refractivity contribution in [2.75, 3.05) is 13.7 Å². The number of hydrogen-bond donors (Lipinski definition) is 1. The van der Waals surface area contributed by atoms with Gasteiger partial charge < -0.3 is 14.6 Å². The largest absolute Gasteiger partial charge is 0.468 e. The van der Waals surface area contributed by atoms with Crippen molar-refractivity contribution >= 4 is 23.2 Å². The molecule has 0 saturated carbocycles. The molecule has 2 aromatic heterocycles. The first-order valence-corrected chi connectivity index (χ1v) is 7.13. The second-order valence-electron chi connectivity index (χ2n) is 4.26. The van der Waals surface area contributed by atoms with Gasteiger partial charge in [-0.05, 0) is 34.5 Å². The number of hydrogen-bond acceptors (Lipinski definition) is 4. The topological polar surface area (TPSA) is 60.3 Å². The van der Waals surface area contributed by atoms with Gasteiger partial charge in [0, 0.05) is 12.4 Å². The quantitative estimate of drug-likeness (QED) is 0.826. The second-order valence-corrected chi connectivity index (χ2v) is 5.04. The van der Waals surface area contributed by atoms with Crippen LogP contribution in [0.15, 0.2) is 41.4 Å². The molecule has 0 unspecified atom stereocenters. The van der Waals surface area contributed by atoms with E-state index in [0.717, 1.165) is 5.56 Å². The average molecular weight is 292 g/mol. The molecule has 2 aromatic rings. The summed E-state index contributed by atoms with van der Waals surface area (Å²) in [6.45, 7) is -0.0998. The van der Waals surface area contributed by atoms with Crippen LogP contribution in [0.1, 0.15) is 18.0 Å². The maximum atomic E-state index is 11.9. The van der Waals surface area contributed by atoms with Gasteiger partial charge in [-0.15, -0.1) is 0 Å². The van der Waals surface area contributed by atoms with Crippen molar-refractivity contribution < 1.29 is 14.3 Å². The van der Waals surface area contributed by atoms with E-state index in [1.807, 2.05) is 45.9 Å². The minimum Gasteiger partial charge on any atom is -0.468 e. The van der Waals surface area contributed by atoms with E-state index in [4.69, 9.17) is 0 Å². The molecule has 1 amide bonds. The second kappa shape index (κ2) is 6.91. The average Bonchev–Trinajstić information content (AvgIpc) is 3.14. The number of nitrogens with one attached hydrogen (secondary N) is 1. The number of methoxy groups -OCH3 is 1. The lowest BCUT2D eigenvalue weighted by atomic mass is 10.1. The predicted octanol–water partition coefficient (Wildman–Crippen LogP) is 1.82. The highest BCUT2D eigenvalue weighted by Crippen LogP contribution is 2.24. The zero-order chi connectivity index (χ0) is 14.4. The number of esters is 1. The molecule has 2 rings (SSSR count). The van der Waals surface area contributed by atoms with E-state index in [9.17, 15) is 9.59 Å². The number of thiophene rings is 1. The van der Waals surface area contributed by atoms with Crippen molar-refractivity contribution in [3.63, 3.8) is 0 Å². The van der Waals surface area contributed by atoms with Gasteiger partial charge in [-0.2, -0.15) is 11.3 Å². The van der Waals surface area contributed by atoms with Crippen molar-refractivity contribution in [2.45, 2.75) is 12.5 Å². The Hall–Kier alpha value is -2.08. The molecule has 0 bridgehead atoms. The van der Waals surface area contributed by atoms with Crippen molar-refractivity contribution in [2.24, 2.45) is 0 Å². The summed E-state index contributed by atoms with van der Waals surface area (Å²) in [7, 11) is 1.29. The molecule has 0 saturated heterocycles. The van der Waals surface area contributed by atoms with Gasteiger partial charge in [-0.25, -0.2) is 0 Å². The molecule has 0 radical (unpaired) electrons. The molecule has 1 atom stereocenters. The Morgan fingerprint density at radius 2 is 2.15 bits per heavy atom. The number of aromatic nitrogens is 1. The smallest absolute Gasteiger partial charge is 0.325 e. The van der Waals surface area contributed by atoms with Gasteiger partial charge in [0.25, 0.3) is 0 Å². The van der Waals surface area contributed by atoms with E-state index >= 15 is 0 Å². The van der Waals surface area contributed by atoms with E-state index < -0.39 is 5.97 Å². The SMILES string of the molecule is COC(=O)CNC(=O)C[C@@H](c1ccsc1)n1cccc1. The molecule has 0 fully saturated rings. The fourth-order valence-corrected chi connectivity index (χ4v) is 2.61. The number of nitrogens with zero attached hydrogens (tertiary/aromatic N) is 1. The van der Waals surface area contributed by atoms with E-state index in [0.29, 0.717) is 0 Å². The summed E-state index contributed by atoms with van der Waals surface area (Å²) in [6, 6.07) is 5.79. The number of rotatable bonds is 6. The maximum Gasteiger partial charge on any atom is 0.325 e. The Labute approximate surface area is 121 Å². The summed E-state index contributed by atoms with van der Waals surface area (Å²) in [5.74, 6) is -0.633. The summed E-state index contributed by atoms with van der Waals surface area (Å²) < 4.78 is 6.48. The molecule has 0 spiro atoms. The van der Waals surface area contributed by atoms with Crippen LogP contribution in [-0.4, -0.2) is 30.1 Å². The molecule has 20 heavy (non-hydrogen) atoms. The van der Waals surface area contributed by atoms with Gasteiger partial charge >= 0.3 is 5.97 Å². The Morgan fingerprint density at radius 1 is 1.40 bits per heavy atom. The first-order chi connectivity index (χ1) is 9.70. The minimum atomic E-state index is -0.452. The highest BCUT2D eigenvalue weighted by molar-refractivity contribution is 7.07. The third kappa shape index (κ3) is 3.71. The van der Waals surface area contributed by atoms with Gasteiger partial charge in [0.15, 0.2) is 0 Å². The number of ether oxygens (including phenoxy) is 1. The van der Waals surface area contributed by atoms with Gasteiger partial charge in [0.05, 0.1) is 19.6 Å². The highest BCUT2D eigenvalue weighted by Gasteiger charge is 2.18. The molecule has 0 aromatic carbocycles. The lowest BCUT2D eigenvalue weighted by Gasteiger charge is -2.17. The van der Waals surface area contributed by atoms with Crippen LogP contribution < -0.4 is 5.32 Å². The first-order valence-electron chi connectivity index (χ1n) is 6.18. The van der Waals surface area contributed by atoms with Crippen LogP contribution in [-0.2, 0) is 14.3 Å². The van der Waals surface area contributed by atoms with Crippen LogP contribution in [0.3, 0.4) is 0 Å². The van der Waals surface area contributed by atoms with Crippen LogP contribution in [0.2, 0.25) is 0 Å². The van der Waals surface area contributed by atoms with Crippen LogP contribution in [0.25, 0.3) is 0 Å². The third-order valence-electron chi connectivity index (χ3n) is 2.95. The number of carbonyl (C=O) groups excluding carboxylic acids is 2. The van der Waals surface area contributed by atoms with Crippen molar-refractivity contribution in [1.29, 1.82) is 0 Å². The van der Waals surface area contributed by atoms with Gasteiger partial charge in [0.2, 0.25) is 5.91 Å². The molecule has 0 aliphatic heterocycles. The van der Waals surface area contributed by atoms with Gasteiger partial charge in [0.1, 0.15) is 6.54 Å². The molecule has 0 aliphatic rings. The summed E-state index contributed by atoms with van der Waals surface area (Å²) in [5.41, 5.74) is 1.08. The summed E-state index contributed by atoms with van der Waals surface area (Å²) in [4.78, 5) is 23.0. The molecular weight excluding hydrogens is 276 g/mol. The van der Waals surface area contributed by atoms with Gasteiger partial charge in [-0.1, -0.05) is 0 Å². The standard InChI is InChI=1S/C14H16N2O3S/c1-19-14(18)9-15-13(17)8-12(11-4-7-20-10-11)16-5-2-3-6-16/h2-7,10,12H,8-9H2,1H3,(H,15,17)/t12-/m0/s1. The summed E-state index contributed by atoms with van der Waals surface area (Å²) in [6.07, 6.45) is 4.13. The third-order valence-corrected chi connectivity index (χ3v) is 3.65. The summed E-state index contributed by atoms with van der Waals surface area (Å²) >= 11 is 1.59. The molecule has 0 aliphatic carbocycles. The first kappa shape index (κ1) is 14.3. The van der Waals surface area contributed by atoms with Crippen LogP contribution in [0, 0.1) is 0 Å². The van der Waals surface area contributed by atoms with Gasteiger partial charge in [-0.3, -0.25) is 9.59 Å².